The fourth-order valence-electron chi connectivity index (χ4n) is 2.00. The molecule has 0 aliphatic carbocycles. The molecule has 1 aromatic rings. The third-order valence-electron chi connectivity index (χ3n) is 2.94. The van der Waals surface area contributed by atoms with E-state index in [1.165, 1.54) is 4.90 Å². The first-order chi connectivity index (χ1) is 9.02. The maximum absolute atomic E-state index is 11.9. The highest BCUT2D eigenvalue weighted by Gasteiger charge is 2.29. The number of nitrogens with zero attached hydrogens (tertiary/aromatic N) is 1. The van der Waals surface area contributed by atoms with Crippen LogP contribution in [0, 0.1) is 0 Å². The van der Waals surface area contributed by atoms with E-state index in [1.807, 2.05) is 30.3 Å². The largest absolute Gasteiger partial charge is 0.330 e. The molecule has 0 spiro atoms. The number of hydrogen-bond acceptors (Lipinski definition) is 3. The molecule has 1 atom stereocenters. The first-order valence-electron chi connectivity index (χ1n) is 5.82. The number of carbonyl (C=O) groups is 1. The van der Waals surface area contributed by atoms with E-state index in [2.05, 4.69) is 0 Å². The minimum atomic E-state index is -3.19. The molecule has 0 radical (unpaired) electrons. The van der Waals surface area contributed by atoms with Crippen molar-refractivity contribution >= 4 is 27.3 Å². The molecular weight excluding hydrogens is 286 g/mol. The molecule has 0 fully saturated rings. The average molecular weight is 300 g/mol. The Labute approximate surface area is 117 Å². The third kappa shape index (κ3) is 3.58. The number of carbonyl (C=O) groups excluding carboxylic acids is 1. The fraction of sp³-hybridized carbons (Fsp3) is 0.308. The Morgan fingerprint density at radius 1 is 1.32 bits per heavy atom. The van der Waals surface area contributed by atoms with Gasteiger partial charge in [-0.3, -0.25) is 4.79 Å². The summed E-state index contributed by atoms with van der Waals surface area (Å²) in [5.41, 5.74) is 0.943. The Hall–Kier alpha value is -1.33. The Kier molecular flexibility index (Phi) is 4.27. The van der Waals surface area contributed by atoms with Crippen LogP contribution in [0.3, 0.4) is 0 Å². The molecule has 0 saturated heterocycles. The van der Waals surface area contributed by atoms with E-state index in [9.17, 15) is 13.2 Å². The molecular formula is C13H14ClNO3S. The molecule has 102 valence electrons. The molecule has 1 amide bonds. The lowest BCUT2D eigenvalue weighted by atomic mass is 10.2. The van der Waals surface area contributed by atoms with Gasteiger partial charge in [0.2, 0.25) is 5.91 Å². The van der Waals surface area contributed by atoms with Gasteiger partial charge in [0.25, 0.3) is 0 Å². The molecule has 0 aromatic heterocycles. The number of amides is 1. The molecule has 0 bridgehead atoms. The first-order valence-corrected chi connectivity index (χ1v) is 8.07. The van der Waals surface area contributed by atoms with Crippen LogP contribution in [0.5, 0.6) is 0 Å². The zero-order valence-corrected chi connectivity index (χ0v) is 11.8. The molecule has 6 heteroatoms. The lowest BCUT2D eigenvalue weighted by Crippen LogP contribution is -2.41. The van der Waals surface area contributed by atoms with Crippen LogP contribution in [0.15, 0.2) is 41.8 Å². The molecule has 1 heterocycles. The number of benzene rings is 1. The van der Waals surface area contributed by atoms with Gasteiger partial charge in [-0.1, -0.05) is 30.3 Å². The van der Waals surface area contributed by atoms with Gasteiger partial charge in [-0.2, -0.15) is 0 Å². The topological polar surface area (TPSA) is 54.5 Å². The van der Waals surface area contributed by atoms with Gasteiger partial charge in [0.15, 0.2) is 9.84 Å². The Morgan fingerprint density at radius 2 is 2.00 bits per heavy atom. The van der Waals surface area contributed by atoms with Crippen LogP contribution < -0.4 is 0 Å². The first kappa shape index (κ1) is 14.1. The summed E-state index contributed by atoms with van der Waals surface area (Å²) in [6, 6.07) is 8.98. The summed E-state index contributed by atoms with van der Waals surface area (Å²) >= 11 is 5.60. The van der Waals surface area contributed by atoms with E-state index in [0.717, 1.165) is 11.0 Å². The Bertz CT molecular complexity index is 583. The smallest absolute Gasteiger partial charge is 0.238 e. The number of rotatable bonds is 4. The van der Waals surface area contributed by atoms with Gasteiger partial charge >= 0.3 is 0 Å². The minimum Gasteiger partial charge on any atom is -0.330 e. The molecule has 2 rings (SSSR count). The van der Waals surface area contributed by atoms with Crippen LogP contribution in [0.25, 0.3) is 0 Å². The van der Waals surface area contributed by atoms with Crippen molar-refractivity contribution in [3.8, 4) is 0 Å². The van der Waals surface area contributed by atoms with Crippen LogP contribution >= 0.6 is 11.6 Å². The van der Waals surface area contributed by atoms with E-state index in [4.69, 9.17) is 11.6 Å². The molecule has 1 aliphatic rings. The molecule has 1 unspecified atom stereocenters. The van der Waals surface area contributed by atoms with E-state index < -0.39 is 15.9 Å². The quantitative estimate of drug-likeness (QED) is 0.793. The second-order valence-corrected chi connectivity index (χ2v) is 6.56. The lowest BCUT2D eigenvalue weighted by molar-refractivity contribution is -0.130. The highest BCUT2D eigenvalue weighted by Crippen LogP contribution is 2.18. The van der Waals surface area contributed by atoms with E-state index in [0.29, 0.717) is 6.54 Å². The highest BCUT2D eigenvalue weighted by atomic mass is 35.5. The maximum Gasteiger partial charge on any atom is 0.238 e. The Balaban J connectivity index is 2.18. The normalized spacial score (nSPS) is 20.4. The van der Waals surface area contributed by atoms with E-state index in [1.54, 1.807) is 6.08 Å². The molecule has 4 nitrogen and oxygen atoms in total. The summed E-state index contributed by atoms with van der Waals surface area (Å²) < 4.78 is 22.9. The van der Waals surface area contributed by atoms with Gasteiger partial charge < -0.3 is 4.90 Å². The van der Waals surface area contributed by atoms with Crippen LogP contribution in [-0.2, 0) is 21.2 Å². The molecule has 0 N–H and O–H groups in total. The number of hydrogen-bond donors (Lipinski definition) is 0. The van der Waals surface area contributed by atoms with Crippen molar-refractivity contribution in [1.29, 1.82) is 0 Å². The molecule has 19 heavy (non-hydrogen) atoms. The van der Waals surface area contributed by atoms with Crippen LogP contribution in [-0.4, -0.2) is 36.9 Å². The lowest BCUT2D eigenvalue weighted by Gasteiger charge is -2.27. The average Bonchev–Trinajstić information content (AvgIpc) is 2.76. The second-order valence-electron chi connectivity index (χ2n) is 4.37. The van der Waals surface area contributed by atoms with Crippen molar-refractivity contribution in [2.45, 2.75) is 12.6 Å². The standard InChI is InChI=1S/C13H14ClNO3S/c14-8-13(16)15(9-11-4-2-1-3-5-11)12-6-7-19(17,18)10-12/h1-7,12H,8-10H2. The van der Waals surface area contributed by atoms with Gasteiger partial charge in [0.05, 0.1) is 11.8 Å². The Morgan fingerprint density at radius 3 is 2.53 bits per heavy atom. The van der Waals surface area contributed by atoms with Gasteiger partial charge in [-0.05, 0) is 11.6 Å². The maximum atomic E-state index is 11.9. The number of halogens is 1. The van der Waals surface area contributed by atoms with Crippen LogP contribution in [0.2, 0.25) is 0 Å². The van der Waals surface area contributed by atoms with Gasteiger partial charge in [0, 0.05) is 12.0 Å². The van der Waals surface area contributed by atoms with Crippen molar-refractivity contribution in [2.24, 2.45) is 0 Å². The summed E-state index contributed by atoms with van der Waals surface area (Å²) in [4.78, 5) is 13.4. The van der Waals surface area contributed by atoms with Crippen molar-refractivity contribution in [3.05, 3.63) is 47.4 Å². The van der Waals surface area contributed by atoms with E-state index in [-0.39, 0.29) is 17.5 Å². The van der Waals surface area contributed by atoms with Gasteiger partial charge in [-0.15, -0.1) is 11.6 Å². The zero-order valence-electron chi connectivity index (χ0n) is 10.2. The van der Waals surface area contributed by atoms with Gasteiger partial charge in [0.1, 0.15) is 5.88 Å². The van der Waals surface area contributed by atoms with Crippen molar-refractivity contribution in [3.63, 3.8) is 0 Å². The zero-order chi connectivity index (χ0) is 13.9. The third-order valence-corrected chi connectivity index (χ3v) is 4.55. The number of sulfone groups is 1. The minimum absolute atomic E-state index is 0.0670. The van der Waals surface area contributed by atoms with Crippen molar-refractivity contribution in [1.82, 2.24) is 4.90 Å². The molecule has 0 saturated carbocycles. The summed E-state index contributed by atoms with van der Waals surface area (Å²) in [6.07, 6.45) is 1.54. The summed E-state index contributed by atoms with van der Waals surface area (Å²) in [7, 11) is -3.19. The predicted molar refractivity (Wildman–Crippen MR) is 74.4 cm³/mol. The summed E-state index contributed by atoms with van der Waals surface area (Å²) in [5.74, 6) is -0.489. The van der Waals surface area contributed by atoms with Crippen LogP contribution in [0.4, 0.5) is 0 Å². The van der Waals surface area contributed by atoms with Crippen molar-refractivity contribution < 1.29 is 13.2 Å². The van der Waals surface area contributed by atoms with Gasteiger partial charge in [-0.25, -0.2) is 8.42 Å². The number of alkyl halides is 1. The molecule has 1 aromatic carbocycles. The summed E-state index contributed by atoms with van der Waals surface area (Å²) in [5, 5.41) is 1.16. The second kappa shape index (κ2) is 5.75. The predicted octanol–water partition coefficient (Wildman–Crippen LogP) is 1.56. The van der Waals surface area contributed by atoms with Crippen molar-refractivity contribution in [2.75, 3.05) is 11.6 Å². The fourth-order valence-corrected chi connectivity index (χ4v) is 3.45. The SMILES string of the molecule is O=C(CCl)N(Cc1ccccc1)C1C=CS(=O)(=O)C1. The monoisotopic (exact) mass is 299 g/mol. The van der Waals surface area contributed by atoms with E-state index >= 15 is 0 Å². The molecule has 1 aliphatic heterocycles. The summed E-state index contributed by atoms with van der Waals surface area (Å²) in [6.45, 7) is 0.358. The highest BCUT2D eigenvalue weighted by molar-refractivity contribution is 7.94. The van der Waals surface area contributed by atoms with Crippen LogP contribution in [0.1, 0.15) is 5.56 Å².